The van der Waals surface area contributed by atoms with Crippen molar-refractivity contribution in [3.63, 3.8) is 0 Å². The maximum atomic E-state index is 12.2. The number of hydrogen-bond acceptors (Lipinski definition) is 4. The second kappa shape index (κ2) is 8.12. The highest BCUT2D eigenvalue weighted by atomic mass is 32.2. The van der Waals surface area contributed by atoms with Crippen LogP contribution >= 0.6 is 0 Å². The van der Waals surface area contributed by atoms with E-state index in [9.17, 15) is 9.00 Å². The first-order valence-corrected chi connectivity index (χ1v) is 8.55. The highest BCUT2D eigenvalue weighted by Gasteiger charge is 2.16. The molecule has 0 aliphatic heterocycles. The molecular formula is C15H24N2O3S. The van der Waals surface area contributed by atoms with E-state index >= 15 is 0 Å². The van der Waals surface area contributed by atoms with Crippen molar-refractivity contribution < 1.29 is 13.7 Å². The van der Waals surface area contributed by atoms with Crippen LogP contribution in [-0.2, 0) is 21.3 Å². The van der Waals surface area contributed by atoms with Crippen LogP contribution in [0.1, 0.15) is 30.7 Å². The number of pyridine rings is 1. The van der Waals surface area contributed by atoms with Gasteiger partial charge in [-0.25, -0.2) is 0 Å². The molecule has 0 saturated heterocycles. The molecule has 1 rings (SSSR count). The topological polar surface area (TPSA) is 59.5 Å². The summed E-state index contributed by atoms with van der Waals surface area (Å²) in [5.41, 5.74) is 2.56. The molecule has 1 heterocycles. The number of aromatic nitrogens is 1. The van der Waals surface area contributed by atoms with Gasteiger partial charge in [0.2, 0.25) is 5.91 Å². The van der Waals surface area contributed by atoms with E-state index in [-0.39, 0.29) is 17.4 Å². The minimum absolute atomic E-state index is 0.0407. The zero-order valence-electron chi connectivity index (χ0n) is 13.4. The fraction of sp³-hybridized carbons (Fsp3) is 0.600. The fourth-order valence-corrected chi connectivity index (χ4v) is 3.38. The van der Waals surface area contributed by atoms with Crippen molar-refractivity contribution >= 4 is 16.7 Å². The number of hydrogen-bond donors (Lipinski definition) is 0. The number of ether oxygens (including phenoxy) is 1. The standard InChI is InChI=1S/C15H24N2O3S/c1-6-17(7-2)14(18)10-21(19)9-13-12(4)15(20-5)11(3)8-16-13/h8H,6-7,9-10H2,1-5H3. The average Bonchev–Trinajstić information content (AvgIpc) is 2.44. The Balaban J connectivity index is 2.78. The summed E-state index contributed by atoms with van der Waals surface area (Å²) in [6, 6.07) is 0. The highest BCUT2D eigenvalue weighted by molar-refractivity contribution is 7.84. The molecule has 1 atom stereocenters. The van der Waals surface area contributed by atoms with Crippen molar-refractivity contribution in [2.45, 2.75) is 33.4 Å². The van der Waals surface area contributed by atoms with Crippen LogP contribution in [0.25, 0.3) is 0 Å². The normalized spacial score (nSPS) is 12.0. The molecule has 1 unspecified atom stereocenters. The fourth-order valence-electron chi connectivity index (χ4n) is 2.23. The second-order valence-corrected chi connectivity index (χ2v) is 6.30. The van der Waals surface area contributed by atoms with Crippen LogP contribution in [-0.4, -0.2) is 46.0 Å². The van der Waals surface area contributed by atoms with Crippen molar-refractivity contribution in [1.82, 2.24) is 9.88 Å². The van der Waals surface area contributed by atoms with E-state index in [1.807, 2.05) is 27.7 Å². The van der Waals surface area contributed by atoms with E-state index in [1.54, 1.807) is 18.2 Å². The number of methoxy groups -OCH3 is 1. The van der Waals surface area contributed by atoms with E-state index in [1.165, 1.54) is 0 Å². The second-order valence-electron chi connectivity index (χ2n) is 4.84. The van der Waals surface area contributed by atoms with Gasteiger partial charge in [0.05, 0.1) is 18.6 Å². The lowest BCUT2D eigenvalue weighted by Crippen LogP contribution is -2.34. The Kier molecular flexibility index (Phi) is 6.81. The third-order valence-corrected chi connectivity index (χ3v) is 4.61. The summed E-state index contributed by atoms with van der Waals surface area (Å²) in [7, 11) is 0.350. The maximum Gasteiger partial charge on any atom is 0.235 e. The summed E-state index contributed by atoms with van der Waals surface area (Å²) in [5, 5.41) is 0. The SMILES string of the molecule is CCN(CC)C(=O)CS(=O)Cc1ncc(C)c(OC)c1C. The molecule has 118 valence electrons. The lowest BCUT2D eigenvalue weighted by atomic mass is 10.1. The Labute approximate surface area is 129 Å². The summed E-state index contributed by atoms with van der Waals surface area (Å²) >= 11 is 0. The maximum absolute atomic E-state index is 12.2. The number of carbonyl (C=O) groups is 1. The van der Waals surface area contributed by atoms with Gasteiger partial charge < -0.3 is 9.64 Å². The minimum atomic E-state index is -1.26. The van der Waals surface area contributed by atoms with Crippen LogP contribution in [0.3, 0.4) is 0 Å². The number of rotatable bonds is 7. The van der Waals surface area contributed by atoms with E-state index < -0.39 is 10.8 Å². The molecule has 0 spiro atoms. The lowest BCUT2D eigenvalue weighted by molar-refractivity contribution is -0.128. The van der Waals surface area contributed by atoms with E-state index in [0.29, 0.717) is 13.1 Å². The molecule has 0 aromatic carbocycles. The number of aryl methyl sites for hydroxylation is 1. The smallest absolute Gasteiger partial charge is 0.235 e. The lowest BCUT2D eigenvalue weighted by Gasteiger charge is -2.18. The number of carbonyl (C=O) groups excluding carboxylic acids is 1. The Hall–Kier alpha value is -1.43. The van der Waals surface area contributed by atoms with Gasteiger partial charge in [0, 0.05) is 41.2 Å². The molecule has 0 radical (unpaired) electrons. The molecule has 0 N–H and O–H groups in total. The van der Waals surface area contributed by atoms with Gasteiger partial charge >= 0.3 is 0 Å². The van der Waals surface area contributed by atoms with Crippen LogP contribution in [0.4, 0.5) is 0 Å². The van der Waals surface area contributed by atoms with Crippen LogP contribution in [0.15, 0.2) is 6.20 Å². The third-order valence-electron chi connectivity index (χ3n) is 3.45. The molecular weight excluding hydrogens is 288 g/mol. The summed E-state index contributed by atoms with van der Waals surface area (Å²) < 4.78 is 17.5. The van der Waals surface area contributed by atoms with Crippen LogP contribution in [0.2, 0.25) is 0 Å². The van der Waals surface area contributed by atoms with Crippen molar-refractivity contribution in [2.24, 2.45) is 0 Å². The minimum Gasteiger partial charge on any atom is -0.496 e. The first kappa shape index (κ1) is 17.6. The monoisotopic (exact) mass is 312 g/mol. The van der Waals surface area contributed by atoms with E-state index in [0.717, 1.165) is 22.6 Å². The Morgan fingerprint density at radius 3 is 2.48 bits per heavy atom. The summed E-state index contributed by atoms with van der Waals surface area (Å²) in [6.07, 6.45) is 1.71. The van der Waals surface area contributed by atoms with E-state index in [2.05, 4.69) is 4.98 Å². The Morgan fingerprint density at radius 1 is 1.33 bits per heavy atom. The van der Waals surface area contributed by atoms with Gasteiger partial charge in [-0.15, -0.1) is 0 Å². The van der Waals surface area contributed by atoms with E-state index in [4.69, 9.17) is 4.74 Å². The van der Waals surface area contributed by atoms with Crippen LogP contribution in [0, 0.1) is 13.8 Å². The zero-order chi connectivity index (χ0) is 16.0. The quantitative estimate of drug-likeness (QED) is 0.770. The Bertz CT molecular complexity index is 528. The molecule has 0 bridgehead atoms. The summed E-state index contributed by atoms with van der Waals surface area (Å²) in [4.78, 5) is 18.0. The third kappa shape index (κ3) is 4.52. The molecule has 1 amide bonds. The molecule has 21 heavy (non-hydrogen) atoms. The molecule has 0 saturated carbocycles. The first-order chi connectivity index (χ1) is 9.94. The van der Waals surface area contributed by atoms with Crippen LogP contribution < -0.4 is 4.74 Å². The van der Waals surface area contributed by atoms with Gasteiger partial charge in [0.1, 0.15) is 11.5 Å². The van der Waals surface area contributed by atoms with Crippen molar-refractivity contribution in [3.05, 3.63) is 23.0 Å². The van der Waals surface area contributed by atoms with Crippen molar-refractivity contribution in [2.75, 3.05) is 26.0 Å². The van der Waals surface area contributed by atoms with Gasteiger partial charge in [0.15, 0.2) is 0 Å². The largest absolute Gasteiger partial charge is 0.496 e. The molecule has 6 heteroatoms. The highest BCUT2D eigenvalue weighted by Crippen LogP contribution is 2.24. The number of nitrogens with zero attached hydrogens (tertiary/aromatic N) is 2. The van der Waals surface area contributed by atoms with Crippen LogP contribution in [0.5, 0.6) is 5.75 Å². The van der Waals surface area contributed by atoms with Gasteiger partial charge in [-0.05, 0) is 27.7 Å². The van der Waals surface area contributed by atoms with Gasteiger partial charge in [-0.3, -0.25) is 14.0 Å². The average molecular weight is 312 g/mol. The summed E-state index contributed by atoms with van der Waals surface area (Å²) in [5.74, 6) is 1.01. The molecule has 1 aromatic rings. The molecule has 0 aliphatic rings. The van der Waals surface area contributed by atoms with Gasteiger partial charge in [-0.2, -0.15) is 0 Å². The number of amides is 1. The van der Waals surface area contributed by atoms with Crippen molar-refractivity contribution in [1.29, 1.82) is 0 Å². The zero-order valence-corrected chi connectivity index (χ0v) is 14.2. The molecule has 5 nitrogen and oxygen atoms in total. The Morgan fingerprint density at radius 2 is 1.95 bits per heavy atom. The molecule has 0 aliphatic carbocycles. The van der Waals surface area contributed by atoms with Gasteiger partial charge in [0.25, 0.3) is 0 Å². The summed E-state index contributed by atoms with van der Waals surface area (Å²) in [6.45, 7) is 8.94. The molecule has 0 fully saturated rings. The van der Waals surface area contributed by atoms with Gasteiger partial charge in [-0.1, -0.05) is 0 Å². The van der Waals surface area contributed by atoms with Crippen molar-refractivity contribution in [3.8, 4) is 5.75 Å². The predicted molar refractivity (Wildman–Crippen MR) is 84.9 cm³/mol. The predicted octanol–water partition coefficient (Wildman–Crippen LogP) is 1.82. The molecule has 1 aromatic heterocycles. The first-order valence-electron chi connectivity index (χ1n) is 7.06.